The first kappa shape index (κ1) is 22.6. The summed E-state index contributed by atoms with van der Waals surface area (Å²) in [5.41, 5.74) is 2.32. The molecule has 0 unspecified atom stereocenters. The van der Waals surface area contributed by atoms with E-state index < -0.39 is 0 Å². The second kappa shape index (κ2) is 10.3. The Kier molecular flexibility index (Phi) is 7.46. The fourth-order valence-electron chi connectivity index (χ4n) is 2.89. The summed E-state index contributed by atoms with van der Waals surface area (Å²) in [5, 5.41) is 11.7. The number of amides is 1. The minimum atomic E-state index is -0.333. The van der Waals surface area contributed by atoms with Gasteiger partial charge in [0, 0.05) is 18.3 Å². The number of carbonyl (C=O) groups excluding carboxylic acids is 2. The molecule has 0 aliphatic heterocycles. The number of hydrogen-bond acceptors (Lipinski definition) is 6. The van der Waals surface area contributed by atoms with E-state index in [0.717, 1.165) is 11.3 Å². The van der Waals surface area contributed by atoms with Gasteiger partial charge >= 0.3 is 0 Å². The molecule has 7 nitrogen and oxygen atoms in total. The Labute approximate surface area is 186 Å². The number of para-hydroxylation sites is 1. The third kappa shape index (κ3) is 5.73. The van der Waals surface area contributed by atoms with Gasteiger partial charge in [-0.2, -0.15) is 0 Å². The second-order valence-electron chi connectivity index (χ2n) is 7.15. The zero-order valence-electron chi connectivity index (χ0n) is 18.1. The largest absolute Gasteiger partial charge is 0.485 e. The fourth-order valence-corrected chi connectivity index (χ4v) is 3.83. The van der Waals surface area contributed by atoms with E-state index in [9.17, 15) is 9.59 Å². The topological polar surface area (TPSA) is 86.1 Å². The molecule has 2 aromatic carbocycles. The van der Waals surface area contributed by atoms with Gasteiger partial charge in [0.2, 0.25) is 5.91 Å². The van der Waals surface area contributed by atoms with E-state index in [-0.39, 0.29) is 16.9 Å². The van der Waals surface area contributed by atoms with E-state index >= 15 is 0 Å². The van der Waals surface area contributed by atoms with Crippen LogP contribution in [0.25, 0.3) is 0 Å². The SMILES string of the molecule is CC[C@@H](Sc1nnc(COc2ccccc2C)n1C)C(=O)Nc1ccc(C(C)=O)cc1. The third-order valence-electron chi connectivity index (χ3n) is 4.85. The molecular weight excluding hydrogens is 412 g/mol. The van der Waals surface area contributed by atoms with Crippen LogP contribution in [0.1, 0.15) is 42.0 Å². The number of rotatable bonds is 9. The molecule has 0 spiro atoms. The number of Topliss-reactive ketones (excluding diaryl/α,β-unsaturated/α-hetero) is 1. The number of thioether (sulfide) groups is 1. The van der Waals surface area contributed by atoms with Crippen molar-refractivity contribution in [2.75, 3.05) is 5.32 Å². The Balaban J connectivity index is 1.62. The van der Waals surface area contributed by atoms with E-state index in [0.29, 0.717) is 35.3 Å². The first-order chi connectivity index (χ1) is 14.9. The van der Waals surface area contributed by atoms with Gasteiger partial charge in [-0.3, -0.25) is 9.59 Å². The van der Waals surface area contributed by atoms with Gasteiger partial charge in [-0.15, -0.1) is 10.2 Å². The van der Waals surface area contributed by atoms with Gasteiger partial charge in [0.05, 0.1) is 5.25 Å². The Morgan fingerprint density at radius 3 is 2.48 bits per heavy atom. The Hall–Kier alpha value is -3.13. The lowest BCUT2D eigenvalue weighted by atomic mass is 10.1. The lowest BCUT2D eigenvalue weighted by Gasteiger charge is -2.14. The van der Waals surface area contributed by atoms with E-state index in [1.165, 1.54) is 18.7 Å². The summed E-state index contributed by atoms with van der Waals surface area (Å²) >= 11 is 1.36. The Bertz CT molecular complexity index is 1060. The van der Waals surface area contributed by atoms with Crippen molar-refractivity contribution in [3.05, 3.63) is 65.5 Å². The summed E-state index contributed by atoms with van der Waals surface area (Å²) in [4.78, 5) is 24.2. The van der Waals surface area contributed by atoms with E-state index in [1.54, 1.807) is 24.3 Å². The molecule has 1 atom stereocenters. The van der Waals surface area contributed by atoms with Gasteiger partial charge in [-0.25, -0.2) is 0 Å². The van der Waals surface area contributed by atoms with Gasteiger partial charge in [-0.1, -0.05) is 36.9 Å². The van der Waals surface area contributed by atoms with Gasteiger partial charge in [0.1, 0.15) is 12.4 Å². The summed E-state index contributed by atoms with van der Waals surface area (Å²) in [6.07, 6.45) is 0.629. The number of nitrogens with zero attached hydrogens (tertiary/aromatic N) is 3. The number of benzene rings is 2. The lowest BCUT2D eigenvalue weighted by Crippen LogP contribution is -2.25. The van der Waals surface area contributed by atoms with Crippen molar-refractivity contribution in [2.24, 2.45) is 7.05 Å². The predicted octanol–water partition coefficient (Wildman–Crippen LogP) is 4.41. The molecule has 3 rings (SSSR count). The molecule has 1 amide bonds. The molecule has 0 saturated heterocycles. The van der Waals surface area contributed by atoms with Crippen molar-refractivity contribution in [3.8, 4) is 5.75 Å². The molecular formula is C23H26N4O3S. The molecule has 0 fully saturated rings. The molecule has 162 valence electrons. The van der Waals surface area contributed by atoms with Crippen LogP contribution in [0, 0.1) is 6.92 Å². The zero-order valence-corrected chi connectivity index (χ0v) is 18.9. The van der Waals surface area contributed by atoms with E-state index in [4.69, 9.17) is 4.74 Å². The number of ether oxygens (including phenoxy) is 1. The van der Waals surface area contributed by atoms with E-state index in [2.05, 4.69) is 15.5 Å². The van der Waals surface area contributed by atoms with Crippen LogP contribution in [0.2, 0.25) is 0 Å². The summed E-state index contributed by atoms with van der Waals surface area (Å²) in [6.45, 7) is 5.75. The first-order valence-corrected chi connectivity index (χ1v) is 10.9. The lowest BCUT2D eigenvalue weighted by molar-refractivity contribution is -0.115. The molecule has 1 aromatic heterocycles. The van der Waals surface area contributed by atoms with Crippen molar-refractivity contribution in [1.82, 2.24) is 14.8 Å². The number of aryl methyl sites for hydroxylation is 1. The van der Waals surface area contributed by atoms with Crippen LogP contribution in [-0.2, 0) is 18.4 Å². The monoisotopic (exact) mass is 438 g/mol. The van der Waals surface area contributed by atoms with Crippen molar-refractivity contribution in [1.29, 1.82) is 0 Å². The van der Waals surface area contributed by atoms with Crippen molar-refractivity contribution < 1.29 is 14.3 Å². The molecule has 1 N–H and O–H groups in total. The molecule has 1 heterocycles. The highest BCUT2D eigenvalue weighted by molar-refractivity contribution is 8.00. The quantitative estimate of drug-likeness (QED) is 0.393. The highest BCUT2D eigenvalue weighted by Gasteiger charge is 2.22. The van der Waals surface area contributed by atoms with E-state index in [1.807, 2.05) is 49.7 Å². The smallest absolute Gasteiger partial charge is 0.237 e. The van der Waals surface area contributed by atoms with Crippen LogP contribution in [0.5, 0.6) is 5.75 Å². The van der Waals surface area contributed by atoms with Crippen LogP contribution < -0.4 is 10.1 Å². The van der Waals surface area contributed by atoms with Crippen molar-refractivity contribution in [3.63, 3.8) is 0 Å². The number of carbonyl (C=O) groups is 2. The van der Waals surface area contributed by atoms with Gasteiger partial charge in [0.15, 0.2) is 16.8 Å². The first-order valence-electron chi connectivity index (χ1n) is 10.0. The molecule has 0 aliphatic carbocycles. The Morgan fingerprint density at radius 2 is 1.84 bits per heavy atom. The van der Waals surface area contributed by atoms with Crippen LogP contribution in [0.3, 0.4) is 0 Å². The normalized spacial score (nSPS) is 11.7. The maximum Gasteiger partial charge on any atom is 0.237 e. The number of anilines is 1. The minimum Gasteiger partial charge on any atom is -0.485 e. The molecule has 3 aromatic rings. The average molecular weight is 439 g/mol. The standard InChI is InChI=1S/C23H26N4O3S/c1-5-20(22(29)24-18-12-10-17(11-13-18)16(3)28)31-23-26-25-21(27(23)4)14-30-19-9-7-6-8-15(19)2/h6-13,20H,5,14H2,1-4H3,(H,24,29)/t20-/m1/s1. The molecule has 0 radical (unpaired) electrons. The summed E-state index contributed by atoms with van der Waals surface area (Å²) in [5.74, 6) is 1.36. The third-order valence-corrected chi connectivity index (χ3v) is 6.24. The number of ketones is 1. The summed E-state index contributed by atoms with van der Waals surface area (Å²) < 4.78 is 7.71. The maximum absolute atomic E-state index is 12.8. The highest BCUT2D eigenvalue weighted by Crippen LogP contribution is 2.26. The van der Waals surface area contributed by atoms with Crippen molar-refractivity contribution >= 4 is 29.1 Å². The summed E-state index contributed by atoms with van der Waals surface area (Å²) in [6, 6.07) is 14.7. The van der Waals surface area contributed by atoms with Gasteiger partial charge in [0.25, 0.3) is 0 Å². The predicted molar refractivity (Wildman–Crippen MR) is 122 cm³/mol. The minimum absolute atomic E-state index is 0.00985. The molecule has 0 saturated carbocycles. The van der Waals surface area contributed by atoms with Crippen LogP contribution in [0.15, 0.2) is 53.7 Å². The van der Waals surface area contributed by atoms with Gasteiger partial charge < -0.3 is 14.6 Å². The zero-order chi connectivity index (χ0) is 22.4. The van der Waals surface area contributed by atoms with Crippen molar-refractivity contribution in [2.45, 2.75) is 44.2 Å². The number of nitrogens with one attached hydrogen (secondary N) is 1. The molecule has 0 aliphatic rings. The fraction of sp³-hybridized carbons (Fsp3) is 0.304. The van der Waals surface area contributed by atoms with Crippen LogP contribution in [-0.4, -0.2) is 31.7 Å². The second-order valence-corrected chi connectivity index (χ2v) is 8.32. The van der Waals surface area contributed by atoms with Gasteiger partial charge in [-0.05, 0) is 56.2 Å². The molecule has 8 heteroatoms. The maximum atomic E-state index is 12.8. The molecule has 0 bridgehead atoms. The summed E-state index contributed by atoms with van der Waals surface area (Å²) in [7, 11) is 1.87. The highest BCUT2D eigenvalue weighted by atomic mass is 32.2. The number of aromatic nitrogens is 3. The van der Waals surface area contributed by atoms with Crippen LogP contribution >= 0.6 is 11.8 Å². The Morgan fingerprint density at radius 1 is 1.13 bits per heavy atom. The molecule has 31 heavy (non-hydrogen) atoms. The van der Waals surface area contributed by atoms with Crippen LogP contribution in [0.4, 0.5) is 5.69 Å². The number of hydrogen-bond donors (Lipinski definition) is 1. The average Bonchev–Trinajstić information content (AvgIpc) is 3.11.